The summed E-state index contributed by atoms with van der Waals surface area (Å²) in [5.41, 5.74) is 3.39. The van der Waals surface area contributed by atoms with Crippen LogP contribution in [0.5, 0.6) is 0 Å². The summed E-state index contributed by atoms with van der Waals surface area (Å²) >= 11 is 15.0. The SMILES string of the molecule is Cc1cc(C)c2nc(N3C(=O)C(O)=C(C(=O)c4cccs4)[C@H]3c3ccc(Cl)c(Cl)c3)sc2c1. The van der Waals surface area contributed by atoms with Crippen LogP contribution in [0, 0.1) is 13.8 Å². The van der Waals surface area contributed by atoms with Gasteiger partial charge < -0.3 is 5.11 Å². The molecule has 1 aliphatic rings. The maximum absolute atomic E-state index is 13.4. The number of carbonyl (C=O) groups is 2. The van der Waals surface area contributed by atoms with E-state index in [1.165, 1.54) is 27.6 Å². The van der Waals surface area contributed by atoms with E-state index in [-0.39, 0.29) is 10.6 Å². The third-order valence-electron chi connectivity index (χ3n) is 5.48. The maximum atomic E-state index is 13.4. The third-order valence-corrected chi connectivity index (χ3v) is 8.09. The number of halogens is 2. The number of rotatable bonds is 4. The van der Waals surface area contributed by atoms with E-state index in [1.54, 1.807) is 35.7 Å². The van der Waals surface area contributed by atoms with Gasteiger partial charge in [0.05, 0.1) is 36.8 Å². The number of aliphatic hydroxyl groups is 1. The zero-order chi connectivity index (χ0) is 23.4. The highest BCUT2D eigenvalue weighted by molar-refractivity contribution is 7.22. The molecule has 0 aliphatic carbocycles. The Morgan fingerprint density at radius 2 is 1.91 bits per heavy atom. The van der Waals surface area contributed by atoms with Crippen LogP contribution in [0.1, 0.15) is 32.4 Å². The van der Waals surface area contributed by atoms with Gasteiger partial charge in [0.2, 0.25) is 5.78 Å². The van der Waals surface area contributed by atoms with Crippen molar-refractivity contribution < 1.29 is 14.7 Å². The van der Waals surface area contributed by atoms with E-state index in [9.17, 15) is 14.7 Å². The summed E-state index contributed by atoms with van der Waals surface area (Å²) in [6.07, 6.45) is 0. The Morgan fingerprint density at radius 3 is 2.61 bits per heavy atom. The largest absolute Gasteiger partial charge is 0.503 e. The lowest BCUT2D eigenvalue weighted by Crippen LogP contribution is -2.30. The highest BCUT2D eigenvalue weighted by atomic mass is 35.5. The van der Waals surface area contributed by atoms with E-state index in [4.69, 9.17) is 28.2 Å². The molecule has 9 heteroatoms. The fourth-order valence-corrected chi connectivity index (χ4v) is 6.19. The normalized spacial score (nSPS) is 16.3. The van der Waals surface area contributed by atoms with Crippen molar-refractivity contribution in [1.29, 1.82) is 0 Å². The summed E-state index contributed by atoms with van der Waals surface area (Å²) in [4.78, 5) is 33.2. The van der Waals surface area contributed by atoms with E-state index < -0.39 is 23.5 Å². The minimum absolute atomic E-state index is 0.00648. The number of hydrogen-bond acceptors (Lipinski definition) is 6. The minimum atomic E-state index is -0.899. The smallest absolute Gasteiger partial charge is 0.296 e. The highest BCUT2D eigenvalue weighted by Gasteiger charge is 2.46. The molecule has 3 heterocycles. The van der Waals surface area contributed by atoms with Crippen molar-refractivity contribution in [3.8, 4) is 0 Å². The van der Waals surface area contributed by atoms with Crippen LogP contribution >= 0.6 is 45.9 Å². The second-order valence-electron chi connectivity index (χ2n) is 7.74. The number of hydrogen-bond donors (Lipinski definition) is 1. The summed E-state index contributed by atoms with van der Waals surface area (Å²) in [7, 11) is 0. The van der Waals surface area contributed by atoms with Crippen molar-refractivity contribution in [1.82, 2.24) is 4.98 Å². The number of ketones is 1. The van der Waals surface area contributed by atoms with Gasteiger partial charge in [0, 0.05) is 0 Å². The molecule has 1 aliphatic heterocycles. The molecule has 0 unspecified atom stereocenters. The molecule has 0 fully saturated rings. The molecule has 4 aromatic rings. The number of anilines is 1. The molecule has 5 rings (SSSR count). The molecular formula is C24H16Cl2N2O3S2. The van der Waals surface area contributed by atoms with Crippen LogP contribution in [0.25, 0.3) is 10.2 Å². The zero-order valence-electron chi connectivity index (χ0n) is 17.4. The van der Waals surface area contributed by atoms with Crippen LogP contribution in [0.2, 0.25) is 10.0 Å². The van der Waals surface area contributed by atoms with Crippen LogP contribution < -0.4 is 4.90 Å². The molecule has 2 aromatic carbocycles. The molecule has 0 saturated heterocycles. The van der Waals surface area contributed by atoms with Gasteiger partial charge in [0.15, 0.2) is 10.9 Å². The van der Waals surface area contributed by atoms with Crippen LogP contribution in [0.15, 0.2) is 59.2 Å². The van der Waals surface area contributed by atoms with Gasteiger partial charge in [-0.2, -0.15) is 0 Å². The molecule has 1 amide bonds. The summed E-state index contributed by atoms with van der Waals surface area (Å²) in [6.45, 7) is 3.96. The Kier molecular flexibility index (Phi) is 5.53. The highest BCUT2D eigenvalue weighted by Crippen LogP contribution is 2.45. The predicted octanol–water partition coefficient (Wildman–Crippen LogP) is 7.06. The first kappa shape index (κ1) is 22.1. The van der Waals surface area contributed by atoms with E-state index >= 15 is 0 Å². The van der Waals surface area contributed by atoms with Crippen LogP contribution in [0.4, 0.5) is 5.13 Å². The van der Waals surface area contributed by atoms with Crippen molar-refractivity contribution in [2.45, 2.75) is 19.9 Å². The van der Waals surface area contributed by atoms with Gasteiger partial charge in [-0.3, -0.25) is 14.5 Å². The number of aryl methyl sites for hydroxylation is 2. The number of Topliss-reactive ketones (excluding diaryl/α,β-unsaturated/α-hetero) is 1. The van der Waals surface area contributed by atoms with Gasteiger partial charge in [-0.05, 0) is 60.2 Å². The standard InChI is InChI=1S/C24H16Cl2N2O3S2/c1-11-8-12(2)19-17(9-11)33-24(27-19)28-20(13-5-6-14(25)15(26)10-13)18(22(30)23(28)31)21(29)16-4-3-7-32-16/h3-10,20,30H,1-2H3/t20-/m1/s1. The first-order chi connectivity index (χ1) is 15.8. The van der Waals surface area contributed by atoms with E-state index in [2.05, 4.69) is 0 Å². The van der Waals surface area contributed by atoms with Crippen LogP contribution in [-0.4, -0.2) is 21.8 Å². The number of thiophene rings is 1. The molecule has 0 bridgehead atoms. The topological polar surface area (TPSA) is 70.5 Å². The number of amides is 1. The first-order valence-corrected chi connectivity index (χ1v) is 12.4. The molecule has 33 heavy (non-hydrogen) atoms. The molecule has 1 N–H and O–H groups in total. The van der Waals surface area contributed by atoms with Crippen molar-refractivity contribution >= 4 is 72.9 Å². The number of benzene rings is 2. The van der Waals surface area contributed by atoms with E-state index in [0.29, 0.717) is 20.6 Å². The van der Waals surface area contributed by atoms with Gasteiger partial charge in [-0.25, -0.2) is 4.98 Å². The monoisotopic (exact) mass is 514 g/mol. The van der Waals surface area contributed by atoms with E-state index in [0.717, 1.165) is 21.3 Å². The molecule has 0 radical (unpaired) electrons. The Morgan fingerprint density at radius 1 is 1.12 bits per heavy atom. The number of carbonyl (C=O) groups excluding carboxylic acids is 2. The third kappa shape index (κ3) is 3.65. The molecule has 2 aromatic heterocycles. The number of aromatic nitrogens is 1. The van der Waals surface area contributed by atoms with Crippen molar-refractivity contribution in [3.05, 3.63) is 90.8 Å². The predicted molar refractivity (Wildman–Crippen MR) is 134 cm³/mol. The first-order valence-electron chi connectivity index (χ1n) is 9.94. The lowest BCUT2D eigenvalue weighted by Gasteiger charge is -2.24. The van der Waals surface area contributed by atoms with Crippen LogP contribution in [0.3, 0.4) is 0 Å². The van der Waals surface area contributed by atoms with E-state index in [1.807, 2.05) is 26.0 Å². The summed E-state index contributed by atoms with van der Waals surface area (Å²) in [5, 5.41) is 13.7. The Hall–Kier alpha value is -2.71. The van der Waals surface area contributed by atoms with Crippen molar-refractivity contribution in [2.24, 2.45) is 0 Å². The second kappa shape index (κ2) is 8.25. The minimum Gasteiger partial charge on any atom is -0.503 e. The number of aliphatic hydroxyl groups excluding tert-OH is 1. The lowest BCUT2D eigenvalue weighted by atomic mass is 9.95. The molecule has 5 nitrogen and oxygen atoms in total. The Labute approximate surface area is 207 Å². The molecular weight excluding hydrogens is 499 g/mol. The molecule has 0 spiro atoms. The summed E-state index contributed by atoms with van der Waals surface area (Å²) in [5.74, 6) is -1.68. The van der Waals surface area contributed by atoms with Gasteiger partial charge in [0.25, 0.3) is 5.91 Å². The van der Waals surface area contributed by atoms with Gasteiger partial charge in [-0.15, -0.1) is 11.3 Å². The average molecular weight is 515 g/mol. The van der Waals surface area contributed by atoms with Gasteiger partial charge in [-0.1, -0.05) is 52.7 Å². The summed E-state index contributed by atoms with van der Waals surface area (Å²) in [6, 6.07) is 11.5. The average Bonchev–Trinajstić information content (AvgIpc) is 3.49. The fraction of sp³-hybridized carbons (Fsp3) is 0.125. The fourth-order valence-electron chi connectivity index (χ4n) is 4.03. The molecule has 1 atom stereocenters. The van der Waals surface area contributed by atoms with Gasteiger partial charge >= 0.3 is 0 Å². The van der Waals surface area contributed by atoms with Crippen molar-refractivity contribution in [2.75, 3.05) is 4.90 Å². The number of fused-ring (bicyclic) bond motifs is 1. The molecule has 166 valence electrons. The second-order valence-corrected chi connectivity index (χ2v) is 10.5. The number of thiazole rings is 1. The Balaban J connectivity index is 1.71. The van der Waals surface area contributed by atoms with Gasteiger partial charge in [0.1, 0.15) is 0 Å². The van der Waals surface area contributed by atoms with Crippen LogP contribution in [-0.2, 0) is 4.79 Å². The molecule has 0 saturated carbocycles. The summed E-state index contributed by atoms with van der Waals surface area (Å²) < 4.78 is 0.917. The quantitative estimate of drug-likeness (QED) is 0.295. The lowest BCUT2D eigenvalue weighted by molar-refractivity contribution is -0.117. The van der Waals surface area contributed by atoms with Crippen molar-refractivity contribution in [3.63, 3.8) is 0 Å². The maximum Gasteiger partial charge on any atom is 0.296 e. The zero-order valence-corrected chi connectivity index (χ0v) is 20.6. The number of nitrogens with zero attached hydrogens (tertiary/aromatic N) is 2. The Bertz CT molecular complexity index is 1470.